The van der Waals surface area contributed by atoms with Crippen LogP contribution in [-0.4, -0.2) is 36.0 Å². The highest BCUT2D eigenvalue weighted by atomic mass is 32.1. The molecule has 1 N–H and O–H groups in total. The number of benzene rings is 1. The van der Waals surface area contributed by atoms with Gasteiger partial charge in [-0.3, -0.25) is 9.69 Å². The maximum atomic E-state index is 12.8. The van der Waals surface area contributed by atoms with E-state index in [4.69, 9.17) is 4.74 Å². The van der Waals surface area contributed by atoms with Gasteiger partial charge in [0, 0.05) is 25.4 Å². The van der Waals surface area contributed by atoms with E-state index in [0.29, 0.717) is 30.6 Å². The smallest absolute Gasteiger partial charge is 0.223 e. The molecule has 0 aliphatic carbocycles. The fourth-order valence-electron chi connectivity index (χ4n) is 1.79. The summed E-state index contributed by atoms with van der Waals surface area (Å²) in [5, 5.41) is 5.19. The zero-order valence-electron chi connectivity index (χ0n) is 12.5. The maximum Gasteiger partial charge on any atom is 0.223 e. The summed E-state index contributed by atoms with van der Waals surface area (Å²) >= 11 is 1.41. The molecule has 2 rings (SSSR count). The van der Waals surface area contributed by atoms with Crippen LogP contribution in [0.15, 0.2) is 29.6 Å². The number of rotatable bonds is 7. The third-order valence-electron chi connectivity index (χ3n) is 2.82. The van der Waals surface area contributed by atoms with E-state index in [1.807, 2.05) is 12.4 Å². The monoisotopic (exact) mass is 323 g/mol. The molecule has 0 aliphatic rings. The summed E-state index contributed by atoms with van der Waals surface area (Å²) in [6, 6.07) is 5.96. The van der Waals surface area contributed by atoms with Crippen molar-refractivity contribution in [2.24, 2.45) is 0 Å². The molecule has 0 fully saturated rings. The molecule has 1 aromatic carbocycles. The van der Waals surface area contributed by atoms with Gasteiger partial charge in [0.05, 0.1) is 5.69 Å². The lowest BCUT2D eigenvalue weighted by Crippen LogP contribution is -2.24. The zero-order valence-corrected chi connectivity index (χ0v) is 13.3. The Morgan fingerprint density at radius 3 is 2.82 bits per heavy atom. The van der Waals surface area contributed by atoms with Gasteiger partial charge in [0.15, 0.2) is 5.13 Å². The molecule has 0 spiro atoms. The Kier molecular flexibility index (Phi) is 5.85. The Labute approximate surface area is 132 Å². The van der Waals surface area contributed by atoms with Gasteiger partial charge in [0.25, 0.3) is 0 Å². The Balaban J connectivity index is 1.73. The van der Waals surface area contributed by atoms with E-state index in [0.717, 1.165) is 5.69 Å². The molecule has 0 aliphatic heterocycles. The summed E-state index contributed by atoms with van der Waals surface area (Å²) < 4.78 is 18.3. The van der Waals surface area contributed by atoms with Gasteiger partial charge in [-0.1, -0.05) is 0 Å². The third kappa shape index (κ3) is 5.42. The first-order valence-corrected chi connectivity index (χ1v) is 7.70. The summed E-state index contributed by atoms with van der Waals surface area (Å²) in [4.78, 5) is 17.3. The van der Waals surface area contributed by atoms with Crippen molar-refractivity contribution in [3.63, 3.8) is 0 Å². The van der Waals surface area contributed by atoms with Crippen LogP contribution in [0.3, 0.4) is 0 Å². The van der Waals surface area contributed by atoms with E-state index in [9.17, 15) is 9.18 Å². The first-order valence-electron chi connectivity index (χ1n) is 6.82. The quantitative estimate of drug-likeness (QED) is 0.851. The van der Waals surface area contributed by atoms with Crippen molar-refractivity contribution in [3.8, 4) is 5.75 Å². The normalized spacial score (nSPS) is 10.7. The van der Waals surface area contributed by atoms with Crippen LogP contribution in [0, 0.1) is 5.82 Å². The molecule has 0 unspecified atom stereocenters. The van der Waals surface area contributed by atoms with Crippen LogP contribution < -0.4 is 10.1 Å². The fourth-order valence-corrected chi connectivity index (χ4v) is 2.54. The number of hydrogen-bond acceptors (Lipinski definition) is 5. The van der Waals surface area contributed by atoms with Crippen LogP contribution in [-0.2, 0) is 11.3 Å². The highest BCUT2D eigenvalue weighted by molar-refractivity contribution is 7.13. The molecule has 1 amide bonds. The largest absolute Gasteiger partial charge is 0.492 e. The molecule has 0 saturated carbocycles. The van der Waals surface area contributed by atoms with Gasteiger partial charge in [0.1, 0.15) is 18.2 Å². The highest BCUT2D eigenvalue weighted by Crippen LogP contribution is 2.16. The van der Waals surface area contributed by atoms with Crippen molar-refractivity contribution in [3.05, 3.63) is 41.2 Å². The van der Waals surface area contributed by atoms with E-state index in [-0.39, 0.29) is 11.7 Å². The SMILES string of the molecule is CC(=O)Nc1nc(CN(C)CCOc2ccc(F)cc2)cs1. The minimum Gasteiger partial charge on any atom is -0.492 e. The molecule has 7 heteroatoms. The molecule has 0 radical (unpaired) electrons. The minimum absolute atomic E-state index is 0.123. The second kappa shape index (κ2) is 7.86. The second-order valence-electron chi connectivity index (χ2n) is 4.87. The number of carbonyl (C=O) groups is 1. The summed E-state index contributed by atoms with van der Waals surface area (Å²) in [5.41, 5.74) is 0.901. The van der Waals surface area contributed by atoms with Crippen LogP contribution in [0.1, 0.15) is 12.6 Å². The third-order valence-corrected chi connectivity index (χ3v) is 3.63. The van der Waals surface area contributed by atoms with Gasteiger partial charge in [0.2, 0.25) is 5.91 Å². The lowest BCUT2D eigenvalue weighted by Gasteiger charge is -2.15. The van der Waals surface area contributed by atoms with E-state index < -0.39 is 0 Å². The number of halogens is 1. The number of hydrogen-bond donors (Lipinski definition) is 1. The van der Waals surface area contributed by atoms with Gasteiger partial charge < -0.3 is 10.1 Å². The van der Waals surface area contributed by atoms with Crippen molar-refractivity contribution in [2.75, 3.05) is 25.5 Å². The number of thiazole rings is 1. The summed E-state index contributed by atoms with van der Waals surface area (Å²) in [6.45, 7) is 3.35. The predicted molar refractivity (Wildman–Crippen MR) is 84.6 cm³/mol. The lowest BCUT2D eigenvalue weighted by molar-refractivity contribution is -0.114. The van der Waals surface area contributed by atoms with Gasteiger partial charge in [-0.05, 0) is 31.3 Å². The number of carbonyl (C=O) groups excluding carboxylic acids is 1. The molecular formula is C15H18FN3O2S. The standard InChI is InChI=1S/C15H18FN3O2S/c1-11(20)17-15-18-13(10-22-15)9-19(2)7-8-21-14-5-3-12(16)4-6-14/h3-6,10H,7-9H2,1-2H3,(H,17,18,20). The van der Waals surface area contributed by atoms with Crippen LogP contribution in [0.4, 0.5) is 9.52 Å². The Morgan fingerprint density at radius 1 is 1.41 bits per heavy atom. The van der Waals surface area contributed by atoms with Crippen molar-refractivity contribution < 1.29 is 13.9 Å². The Bertz CT molecular complexity index is 616. The summed E-state index contributed by atoms with van der Waals surface area (Å²) in [7, 11) is 1.96. The summed E-state index contributed by atoms with van der Waals surface area (Å²) in [6.07, 6.45) is 0. The van der Waals surface area contributed by atoms with E-state index in [1.54, 1.807) is 12.1 Å². The highest BCUT2D eigenvalue weighted by Gasteiger charge is 2.06. The number of anilines is 1. The zero-order chi connectivity index (χ0) is 15.9. The molecule has 0 bridgehead atoms. The van der Waals surface area contributed by atoms with Crippen LogP contribution in [0.5, 0.6) is 5.75 Å². The molecular weight excluding hydrogens is 305 g/mol. The Hall–Kier alpha value is -1.99. The van der Waals surface area contributed by atoms with Crippen molar-refractivity contribution in [1.82, 2.24) is 9.88 Å². The lowest BCUT2D eigenvalue weighted by atomic mass is 10.3. The van der Waals surface area contributed by atoms with E-state index in [2.05, 4.69) is 15.2 Å². The topological polar surface area (TPSA) is 54.5 Å². The molecule has 22 heavy (non-hydrogen) atoms. The van der Waals surface area contributed by atoms with Gasteiger partial charge in [-0.2, -0.15) is 0 Å². The van der Waals surface area contributed by atoms with E-state index in [1.165, 1.54) is 30.4 Å². The number of aromatic nitrogens is 1. The number of ether oxygens (including phenoxy) is 1. The molecule has 118 valence electrons. The summed E-state index contributed by atoms with van der Waals surface area (Å²) in [5.74, 6) is 0.251. The van der Waals surface area contributed by atoms with Crippen molar-refractivity contribution in [2.45, 2.75) is 13.5 Å². The number of nitrogens with zero attached hydrogens (tertiary/aromatic N) is 2. The van der Waals surface area contributed by atoms with Gasteiger partial charge >= 0.3 is 0 Å². The molecule has 0 atom stereocenters. The van der Waals surface area contributed by atoms with Crippen molar-refractivity contribution >= 4 is 22.4 Å². The molecule has 2 aromatic rings. The van der Waals surface area contributed by atoms with Crippen LogP contribution >= 0.6 is 11.3 Å². The minimum atomic E-state index is -0.275. The molecule has 1 heterocycles. The second-order valence-corrected chi connectivity index (χ2v) is 5.72. The van der Waals surface area contributed by atoms with Gasteiger partial charge in [-0.25, -0.2) is 9.37 Å². The average Bonchev–Trinajstić information content (AvgIpc) is 2.87. The van der Waals surface area contributed by atoms with Crippen LogP contribution in [0.2, 0.25) is 0 Å². The van der Waals surface area contributed by atoms with Crippen molar-refractivity contribution in [1.29, 1.82) is 0 Å². The number of nitrogens with one attached hydrogen (secondary N) is 1. The number of likely N-dealkylation sites (N-methyl/N-ethyl adjacent to an activating group) is 1. The molecule has 5 nitrogen and oxygen atoms in total. The Morgan fingerprint density at radius 2 is 2.14 bits per heavy atom. The first-order chi connectivity index (χ1) is 10.5. The predicted octanol–water partition coefficient (Wildman–Crippen LogP) is 2.75. The molecule has 0 saturated heterocycles. The maximum absolute atomic E-state index is 12.8. The molecule has 1 aromatic heterocycles. The number of amides is 1. The first kappa shape index (κ1) is 16.4. The van der Waals surface area contributed by atoms with E-state index >= 15 is 0 Å². The fraction of sp³-hybridized carbons (Fsp3) is 0.333. The van der Waals surface area contributed by atoms with Crippen LogP contribution in [0.25, 0.3) is 0 Å². The average molecular weight is 323 g/mol. The van der Waals surface area contributed by atoms with Gasteiger partial charge in [-0.15, -0.1) is 11.3 Å².